The van der Waals surface area contributed by atoms with Crippen molar-refractivity contribution in [3.05, 3.63) is 66.4 Å². The molecule has 3 aromatic rings. The van der Waals surface area contributed by atoms with Gasteiger partial charge in [-0.05, 0) is 42.5 Å². The van der Waals surface area contributed by atoms with Crippen LogP contribution < -0.4 is 5.32 Å². The molecule has 0 radical (unpaired) electrons. The van der Waals surface area contributed by atoms with E-state index in [9.17, 15) is 0 Å². The molecule has 2 N–H and O–H groups in total. The van der Waals surface area contributed by atoms with Crippen molar-refractivity contribution in [1.29, 1.82) is 0 Å². The van der Waals surface area contributed by atoms with Gasteiger partial charge in [0.15, 0.2) is 0 Å². The van der Waals surface area contributed by atoms with Gasteiger partial charge in [-0.1, -0.05) is 0 Å². The van der Waals surface area contributed by atoms with Gasteiger partial charge in [0.1, 0.15) is 18.1 Å². The zero-order chi connectivity index (χ0) is 13.8. The number of aliphatic hydroxyl groups is 1. The first-order chi connectivity index (χ1) is 9.85. The third-order valence-electron chi connectivity index (χ3n) is 2.98. The minimum absolute atomic E-state index is 0.0709. The van der Waals surface area contributed by atoms with E-state index in [4.69, 9.17) is 9.52 Å². The SMILES string of the molecule is OCc1ccc(CNc2ccc(-n3cccn3)cc2)o1. The summed E-state index contributed by atoms with van der Waals surface area (Å²) in [5, 5.41) is 16.4. The fraction of sp³-hybridized carbons (Fsp3) is 0.133. The van der Waals surface area contributed by atoms with Crippen LogP contribution >= 0.6 is 0 Å². The molecule has 0 saturated carbocycles. The molecule has 20 heavy (non-hydrogen) atoms. The van der Waals surface area contributed by atoms with Crippen molar-refractivity contribution in [1.82, 2.24) is 9.78 Å². The van der Waals surface area contributed by atoms with Crippen molar-refractivity contribution in [2.45, 2.75) is 13.2 Å². The van der Waals surface area contributed by atoms with Gasteiger partial charge < -0.3 is 14.8 Å². The van der Waals surface area contributed by atoms with Gasteiger partial charge in [-0.3, -0.25) is 0 Å². The Bertz CT molecular complexity index is 657. The smallest absolute Gasteiger partial charge is 0.129 e. The van der Waals surface area contributed by atoms with Gasteiger partial charge in [-0.25, -0.2) is 4.68 Å². The highest BCUT2D eigenvalue weighted by molar-refractivity contribution is 5.48. The van der Waals surface area contributed by atoms with E-state index in [1.165, 1.54) is 0 Å². The summed E-state index contributed by atoms with van der Waals surface area (Å²) < 4.78 is 7.22. The second kappa shape index (κ2) is 5.63. The predicted octanol–water partition coefficient (Wildman–Crippen LogP) is 2.57. The van der Waals surface area contributed by atoms with E-state index >= 15 is 0 Å². The van der Waals surface area contributed by atoms with E-state index in [0.717, 1.165) is 17.1 Å². The van der Waals surface area contributed by atoms with E-state index in [-0.39, 0.29) is 6.61 Å². The van der Waals surface area contributed by atoms with Crippen molar-refractivity contribution < 1.29 is 9.52 Å². The first kappa shape index (κ1) is 12.5. The lowest BCUT2D eigenvalue weighted by atomic mass is 10.2. The summed E-state index contributed by atoms with van der Waals surface area (Å²) in [5.74, 6) is 1.38. The van der Waals surface area contributed by atoms with Gasteiger partial charge in [0.05, 0.1) is 12.2 Å². The molecule has 5 heteroatoms. The maximum Gasteiger partial charge on any atom is 0.129 e. The van der Waals surface area contributed by atoms with Gasteiger partial charge in [0.25, 0.3) is 0 Å². The molecule has 0 atom stereocenters. The van der Waals surface area contributed by atoms with Crippen molar-refractivity contribution in [3.8, 4) is 5.69 Å². The summed E-state index contributed by atoms with van der Waals surface area (Å²) >= 11 is 0. The number of nitrogens with one attached hydrogen (secondary N) is 1. The largest absolute Gasteiger partial charge is 0.462 e. The molecule has 2 heterocycles. The van der Waals surface area contributed by atoms with Crippen LogP contribution in [0.15, 0.2) is 59.3 Å². The van der Waals surface area contributed by atoms with E-state index < -0.39 is 0 Å². The number of aromatic nitrogens is 2. The average molecular weight is 269 g/mol. The van der Waals surface area contributed by atoms with Gasteiger partial charge in [0.2, 0.25) is 0 Å². The zero-order valence-electron chi connectivity index (χ0n) is 10.9. The molecule has 0 amide bonds. The van der Waals surface area contributed by atoms with Crippen LogP contribution in [0.4, 0.5) is 5.69 Å². The number of nitrogens with zero attached hydrogens (tertiary/aromatic N) is 2. The lowest BCUT2D eigenvalue weighted by Crippen LogP contribution is -1.99. The highest BCUT2D eigenvalue weighted by Gasteiger charge is 2.01. The number of anilines is 1. The first-order valence-corrected chi connectivity index (χ1v) is 6.37. The van der Waals surface area contributed by atoms with Crippen LogP contribution in [-0.4, -0.2) is 14.9 Å². The number of hydrogen-bond acceptors (Lipinski definition) is 4. The van der Waals surface area contributed by atoms with Gasteiger partial charge in [0, 0.05) is 18.1 Å². The van der Waals surface area contributed by atoms with E-state index in [1.807, 2.05) is 47.3 Å². The summed E-state index contributed by atoms with van der Waals surface area (Å²) in [6.45, 7) is 0.514. The van der Waals surface area contributed by atoms with E-state index in [0.29, 0.717) is 12.3 Å². The van der Waals surface area contributed by atoms with Gasteiger partial charge in [-0.15, -0.1) is 0 Å². The Morgan fingerprint density at radius 3 is 2.55 bits per heavy atom. The molecule has 3 rings (SSSR count). The van der Waals surface area contributed by atoms with Crippen LogP contribution in [0.5, 0.6) is 0 Å². The molecule has 0 unspecified atom stereocenters. The summed E-state index contributed by atoms with van der Waals surface area (Å²) in [6, 6.07) is 13.5. The molecular formula is C15H15N3O2. The minimum atomic E-state index is -0.0709. The summed E-state index contributed by atoms with van der Waals surface area (Å²) in [5.41, 5.74) is 2.02. The molecule has 102 valence electrons. The first-order valence-electron chi connectivity index (χ1n) is 6.37. The molecule has 2 aromatic heterocycles. The van der Waals surface area contributed by atoms with Gasteiger partial charge >= 0.3 is 0 Å². The molecule has 0 spiro atoms. The second-order valence-electron chi connectivity index (χ2n) is 4.38. The van der Waals surface area contributed by atoms with Crippen molar-refractivity contribution in [2.75, 3.05) is 5.32 Å². The normalized spacial score (nSPS) is 10.7. The van der Waals surface area contributed by atoms with E-state index in [2.05, 4.69) is 10.4 Å². The zero-order valence-corrected chi connectivity index (χ0v) is 10.9. The number of aliphatic hydroxyl groups excluding tert-OH is 1. The van der Waals surface area contributed by atoms with Crippen LogP contribution in [0, 0.1) is 0 Å². The number of hydrogen-bond donors (Lipinski definition) is 2. The Hall–Kier alpha value is -2.53. The maximum absolute atomic E-state index is 8.93. The predicted molar refractivity (Wildman–Crippen MR) is 75.5 cm³/mol. The third kappa shape index (κ3) is 2.73. The van der Waals surface area contributed by atoms with Crippen LogP contribution in [0.1, 0.15) is 11.5 Å². The van der Waals surface area contributed by atoms with E-state index in [1.54, 1.807) is 12.3 Å². The lowest BCUT2D eigenvalue weighted by molar-refractivity contribution is 0.244. The standard InChI is InChI=1S/C15H15N3O2/c19-11-15-7-6-14(20-15)10-16-12-2-4-13(5-3-12)18-9-1-8-17-18/h1-9,16,19H,10-11H2. The maximum atomic E-state index is 8.93. The number of furan rings is 1. The Morgan fingerprint density at radius 2 is 1.90 bits per heavy atom. The molecule has 0 fully saturated rings. The Labute approximate surface area is 116 Å². The van der Waals surface area contributed by atoms with Crippen molar-refractivity contribution in [2.24, 2.45) is 0 Å². The van der Waals surface area contributed by atoms with Gasteiger partial charge in [-0.2, -0.15) is 5.10 Å². The minimum Gasteiger partial charge on any atom is -0.462 e. The molecule has 0 saturated heterocycles. The van der Waals surface area contributed by atoms with Crippen molar-refractivity contribution >= 4 is 5.69 Å². The third-order valence-corrected chi connectivity index (χ3v) is 2.98. The number of rotatable bonds is 5. The summed E-state index contributed by atoms with van der Waals surface area (Å²) in [4.78, 5) is 0. The topological polar surface area (TPSA) is 63.2 Å². The molecule has 1 aromatic carbocycles. The van der Waals surface area contributed by atoms with Crippen LogP contribution in [0.2, 0.25) is 0 Å². The number of benzene rings is 1. The summed E-state index contributed by atoms with van der Waals surface area (Å²) in [7, 11) is 0. The van der Waals surface area contributed by atoms with Crippen LogP contribution in [0.3, 0.4) is 0 Å². The fourth-order valence-electron chi connectivity index (χ4n) is 1.95. The van der Waals surface area contributed by atoms with Crippen molar-refractivity contribution in [3.63, 3.8) is 0 Å². The molecule has 5 nitrogen and oxygen atoms in total. The Kier molecular flexibility index (Phi) is 3.52. The van der Waals surface area contributed by atoms with Crippen LogP contribution in [-0.2, 0) is 13.2 Å². The fourth-order valence-corrected chi connectivity index (χ4v) is 1.95. The summed E-state index contributed by atoms with van der Waals surface area (Å²) in [6.07, 6.45) is 3.66. The average Bonchev–Trinajstić information content (AvgIpc) is 3.17. The molecule has 0 bridgehead atoms. The highest BCUT2D eigenvalue weighted by Crippen LogP contribution is 2.14. The monoisotopic (exact) mass is 269 g/mol. The second-order valence-corrected chi connectivity index (χ2v) is 4.38. The quantitative estimate of drug-likeness (QED) is 0.747. The lowest BCUT2D eigenvalue weighted by Gasteiger charge is -2.06. The molecular weight excluding hydrogens is 254 g/mol. The Morgan fingerprint density at radius 1 is 1.10 bits per heavy atom. The molecule has 0 aliphatic rings. The Balaban J connectivity index is 1.63. The molecule has 0 aliphatic carbocycles. The molecule has 0 aliphatic heterocycles. The highest BCUT2D eigenvalue weighted by atomic mass is 16.4. The van der Waals surface area contributed by atoms with Crippen LogP contribution in [0.25, 0.3) is 5.69 Å².